The molecular weight excluding hydrogens is 282 g/mol. The SMILES string of the molecule is CNC(Cc1nn(C)c2ccccc12)c1ccccc1Cl. The first-order chi connectivity index (χ1) is 10.2. The van der Waals surface area contributed by atoms with Crippen molar-refractivity contribution in [1.29, 1.82) is 0 Å². The van der Waals surface area contributed by atoms with Crippen LogP contribution in [0.5, 0.6) is 0 Å². The highest BCUT2D eigenvalue weighted by Crippen LogP contribution is 2.27. The fourth-order valence-electron chi connectivity index (χ4n) is 2.76. The molecule has 1 unspecified atom stereocenters. The first-order valence-electron chi connectivity index (χ1n) is 7.03. The lowest BCUT2D eigenvalue weighted by Gasteiger charge is -2.17. The van der Waals surface area contributed by atoms with Crippen molar-refractivity contribution in [3.63, 3.8) is 0 Å². The van der Waals surface area contributed by atoms with Crippen molar-refractivity contribution in [2.45, 2.75) is 12.5 Å². The molecule has 1 aromatic heterocycles. The molecule has 1 N–H and O–H groups in total. The normalized spacial score (nSPS) is 12.7. The van der Waals surface area contributed by atoms with E-state index in [1.54, 1.807) is 0 Å². The Balaban J connectivity index is 1.99. The van der Waals surface area contributed by atoms with E-state index in [0.717, 1.165) is 28.2 Å². The van der Waals surface area contributed by atoms with Crippen molar-refractivity contribution >= 4 is 22.5 Å². The largest absolute Gasteiger partial charge is 0.313 e. The summed E-state index contributed by atoms with van der Waals surface area (Å²) in [6.07, 6.45) is 0.807. The summed E-state index contributed by atoms with van der Waals surface area (Å²) in [4.78, 5) is 0. The second-order valence-corrected chi connectivity index (χ2v) is 5.56. The molecule has 3 nitrogen and oxygen atoms in total. The predicted octanol–water partition coefficient (Wildman–Crippen LogP) is 3.73. The third-order valence-corrected chi connectivity index (χ3v) is 4.21. The van der Waals surface area contributed by atoms with Crippen molar-refractivity contribution in [3.8, 4) is 0 Å². The van der Waals surface area contributed by atoms with E-state index in [4.69, 9.17) is 11.6 Å². The molecule has 3 rings (SSSR count). The third-order valence-electron chi connectivity index (χ3n) is 3.86. The van der Waals surface area contributed by atoms with Gasteiger partial charge in [0.05, 0.1) is 11.2 Å². The van der Waals surface area contributed by atoms with Crippen LogP contribution in [0.15, 0.2) is 48.5 Å². The van der Waals surface area contributed by atoms with Crippen LogP contribution in [-0.2, 0) is 13.5 Å². The summed E-state index contributed by atoms with van der Waals surface area (Å²) in [7, 11) is 3.94. The minimum absolute atomic E-state index is 0.150. The Morgan fingerprint density at radius 3 is 2.62 bits per heavy atom. The zero-order valence-corrected chi connectivity index (χ0v) is 12.9. The molecule has 0 aliphatic rings. The van der Waals surface area contributed by atoms with E-state index in [1.165, 1.54) is 5.39 Å². The van der Waals surface area contributed by atoms with Crippen LogP contribution in [0.4, 0.5) is 0 Å². The van der Waals surface area contributed by atoms with E-state index >= 15 is 0 Å². The van der Waals surface area contributed by atoms with Crippen LogP contribution in [0.2, 0.25) is 5.02 Å². The number of nitrogens with one attached hydrogen (secondary N) is 1. The molecule has 1 heterocycles. The highest BCUT2D eigenvalue weighted by Gasteiger charge is 2.17. The van der Waals surface area contributed by atoms with Crippen molar-refractivity contribution in [2.24, 2.45) is 7.05 Å². The van der Waals surface area contributed by atoms with Crippen molar-refractivity contribution < 1.29 is 0 Å². The molecule has 3 aromatic rings. The van der Waals surface area contributed by atoms with Gasteiger partial charge in [-0.1, -0.05) is 48.0 Å². The Bertz CT molecular complexity index is 764. The van der Waals surface area contributed by atoms with Gasteiger partial charge in [0, 0.05) is 29.9 Å². The smallest absolute Gasteiger partial charge is 0.0722 e. The Kier molecular flexibility index (Phi) is 3.95. The van der Waals surface area contributed by atoms with Gasteiger partial charge >= 0.3 is 0 Å². The number of hydrogen-bond donors (Lipinski definition) is 1. The van der Waals surface area contributed by atoms with Gasteiger partial charge in [0.1, 0.15) is 0 Å². The van der Waals surface area contributed by atoms with Gasteiger partial charge in [-0.15, -0.1) is 0 Å². The fourth-order valence-corrected chi connectivity index (χ4v) is 3.03. The number of fused-ring (bicyclic) bond motifs is 1. The summed E-state index contributed by atoms with van der Waals surface area (Å²) in [6.45, 7) is 0. The molecule has 0 saturated carbocycles. The summed E-state index contributed by atoms with van der Waals surface area (Å²) in [5.41, 5.74) is 3.35. The summed E-state index contributed by atoms with van der Waals surface area (Å²) in [5.74, 6) is 0. The third kappa shape index (κ3) is 2.67. The molecule has 108 valence electrons. The molecule has 1 atom stereocenters. The van der Waals surface area contributed by atoms with E-state index in [9.17, 15) is 0 Å². The second-order valence-electron chi connectivity index (χ2n) is 5.15. The molecule has 0 saturated heterocycles. The lowest BCUT2D eigenvalue weighted by atomic mass is 10.0. The van der Waals surface area contributed by atoms with Crippen LogP contribution in [0, 0.1) is 0 Å². The van der Waals surface area contributed by atoms with Crippen molar-refractivity contribution in [2.75, 3.05) is 7.05 Å². The van der Waals surface area contributed by atoms with Crippen molar-refractivity contribution in [1.82, 2.24) is 15.1 Å². The summed E-state index contributed by atoms with van der Waals surface area (Å²) >= 11 is 6.32. The van der Waals surface area contributed by atoms with Gasteiger partial charge in [-0.25, -0.2) is 0 Å². The number of benzene rings is 2. The highest BCUT2D eigenvalue weighted by atomic mass is 35.5. The number of nitrogens with zero attached hydrogens (tertiary/aromatic N) is 2. The zero-order chi connectivity index (χ0) is 14.8. The number of halogens is 1. The maximum absolute atomic E-state index is 6.32. The summed E-state index contributed by atoms with van der Waals surface area (Å²) in [6, 6.07) is 16.4. The number of likely N-dealkylation sites (N-methyl/N-ethyl adjacent to an activating group) is 1. The number of rotatable bonds is 4. The van der Waals surface area contributed by atoms with E-state index in [1.807, 2.05) is 43.0 Å². The first-order valence-corrected chi connectivity index (χ1v) is 7.41. The monoisotopic (exact) mass is 299 g/mol. The molecular formula is C17H18ClN3. The van der Waals surface area contributed by atoms with Gasteiger partial charge in [-0.3, -0.25) is 4.68 Å². The van der Waals surface area contributed by atoms with Crippen LogP contribution < -0.4 is 5.32 Å². The molecule has 0 bridgehead atoms. The molecule has 2 aromatic carbocycles. The lowest BCUT2D eigenvalue weighted by molar-refractivity contribution is 0.579. The maximum atomic E-state index is 6.32. The zero-order valence-electron chi connectivity index (χ0n) is 12.2. The Hall–Kier alpha value is -1.84. The van der Waals surface area contributed by atoms with E-state index in [0.29, 0.717) is 0 Å². The van der Waals surface area contributed by atoms with Crippen LogP contribution in [-0.4, -0.2) is 16.8 Å². The second kappa shape index (κ2) is 5.88. The van der Waals surface area contributed by atoms with E-state index < -0.39 is 0 Å². The number of hydrogen-bond acceptors (Lipinski definition) is 2. The predicted molar refractivity (Wildman–Crippen MR) is 87.7 cm³/mol. The van der Waals surface area contributed by atoms with Gasteiger partial charge in [-0.05, 0) is 24.7 Å². The van der Waals surface area contributed by atoms with Crippen LogP contribution in [0.25, 0.3) is 10.9 Å². The van der Waals surface area contributed by atoms with Crippen LogP contribution >= 0.6 is 11.6 Å². The molecule has 21 heavy (non-hydrogen) atoms. The number of para-hydroxylation sites is 1. The lowest BCUT2D eigenvalue weighted by Crippen LogP contribution is -2.19. The highest BCUT2D eigenvalue weighted by molar-refractivity contribution is 6.31. The molecule has 0 amide bonds. The van der Waals surface area contributed by atoms with Gasteiger partial charge in [0.2, 0.25) is 0 Å². The molecule has 0 radical (unpaired) electrons. The average molecular weight is 300 g/mol. The van der Waals surface area contributed by atoms with Gasteiger partial charge in [-0.2, -0.15) is 5.10 Å². The van der Waals surface area contributed by atoms with Crippen LogP contribution in [0.1, 0.15) is 17.3 Å². The molecule has 0 spiro atoms. The molecule has 0 fully saturated rings. The number of aromatic nitrogens is 2. The molecule has 0 aliphatic heterocycles. The van der Waals surface area contributed by atoms with E-state index in [2.05, 4.69) is 34.7 Å². The minimum atomic E-state index is 0.150. The average Bonchev–Trinajstić information content (AvgIpc) is 2.82. The standard InChI is InChI=1S/C17H18ClN3/c1-19-15(12-7-3-5-9-14(12)18)11-16-13-8-4-6-10-17(13)21(2)20-16/h3-10,15,19H,11H2,1-2H3. The summed E-state index contributed by atoms with van der Waals surface area (Å²) < 4.78 is 1.93. The quantitative estimate of drug-likeness (QED) is 0.795. The van der Waals surface area contributed by atoms with Gasteiger partial charge < -0.3 is 5.32 Å². The first kappa shape index (κ1) is 14.1. The Morgan fingerprint density at radius 1 is 1.14 bits per heavy atom. The maximum Gasteiger partial charge on any atom is 0.0722 e. The van der Waals surface area contributed by atoms with E-state index in [-0.39, 0.29) is 6.04 Å². The molecule has 0 aliphatic carbocycles. The van der Waals surface area contributed by atoms with Crippen LogP contribution in [0.3, 0.4) is 0 Å². The topological polar surface area (TPSA) is 29.9 Å². The summed E-state index contributed by atoms with van der Waals surface area (Å²) in [5, 5.41) is 10.0. The van der Waals surface area contributed by atoms with Gasteiger partial charge in [0.25, 0.3) is 0 Å². The van der Waals surface area contributed by atoms with Gasteiger partial charge in [0.15, 0.2) is 0 Å². The Morgan fingerprint density at radius 2 is 1.86 bits per heavy atom. The van der Waals surface area contributed by atoms with Crippen molar-refractivity contribution in [3.05, 3.63) is 64.8 Å². The number of aryl methyl sites for hydroxylation is 1. The molecule has 4 heteroatoms. The fraction of sp³-hybridized carbons (Fsp3) is 0.235. The minimum Gasteiger partial charge on any atom is -0.313 e. The Labute approximate surface area is 129 Å².